The number of para-hydroxylation sites is 1. The van der Waals surface area contributed by atoms with E-state index in [4.69, 9.17) is 4.98 Å². The van der Waals surface area contributed by atoms with Crippen LogP contribution in [0.15, 0.2) is 277 Å². The minimum Gasteiger partial charge on any atom is -0.374 e. The molecule has 4 heteroatoms. The van der Waals surface area contributed by atoms with Gasteiger partial charge in [-0.3, -0.25) is 0 Å². The third-order valence-corrected chi connectivity index (χ3v) is 16.2. The highest BCUT2D eigenvalue weighted by Gasteiger charge is 2.45. The van der Waals surface area contributed by atoms with Crippen molar-refractivity contribution in [1.82, 2.24) is 19.8 Å². The van der Waals surface area contributed by atoms with Gasteiger partial charge in [0.05, 0.1) is 35.0 Å². The first-order valence-corrected chi connectivity index (χ1v) is 26.5. The average Bonchev–Trinajstić information content (AvgIpc) is 4.00. The van der Waals surface area contributed by atoms with Crippen molar-refractivity contribution in [3.8, 4) is 39.3 Å². The Balaban J connectivity index is 0.771. The van der Waals surface area contributed by atoms with E-state index in [2.05, 4.69) is 270 Å². The SMILES string of the molecule is C1=CC2C3=CC(C4C=Cc5c(c6ccccc6n5-c5cccc(-c6cc(-c7ccccc7)nc(-c7ccccc7)c6)c5)C4)=CCC3N(C3=CC(C4=C[C@H](c5ccccc5)NC(c5ccccc5)=C4)=CCC3)C2C=C1. The van der Waals surface area contributed by atoms with Crippen molar-refractivity contribution in [3.05, 3.63) is 299 Å². The maximum absolute atomic E-state index is 5.18. The van der Waals surface area contributed by atoms with Gasteiger partial charge in [-0.05, 0) is 130 Å². The summed E-state index contributed by atoms with van der Waals surface area (Å²) >= 11 is 0. The van der Waals surface area contributed by atoms with Crippen molar-refractivity contribution < 1.29 is 0 Å². The monoisotopic (exact) mass is 952 g/mol. The zero-order chi connectivity index (χ0) is 49.0. The maximum Gasteiger partial charge on any atom is 0.0715 e. The molecule has 5 atom stereocenters. The van der Waals surface area contributed by atoms with Gasteiger partial charge in [-0.2, -0.15) is 0 Å². The number of hydrogen-bond donors (Lipinski definition) is 1. The van der Waals surface area contributed by atoms with Gasteiger partial charge in [-0.1, -0.05) is 200 Å². The van der Waals surface area contributed by atoms with Crippen LogP contribution in [0.25, 0.3) is 62.0 Å². The third kappa shape index (κ3) is 7.99. The van der Waals surface area contributed by atoms with Gasteiger partial charge in [-0.15, -0.1) is 0 Å². The Morgan fingerprint density at radius 2 is 1.26 bits per heavy atom. The second-order valence-corrected chi connectivity index (χ2v) is 20.5. The van der Waals surface area contributed by atoms with Gasteiger partial charge in [0, 0.05) is 51.1 Å². The summed E-state index contributed by atoms with van der Waals surface area (Å²) in [5.41, 5.74) is 22.3. The highest BCUT2D eigenvalue weighted by molar-refractivity contribution is 5.91. The van der Waals surface area contributed by atoms with Crippen molar-refractivity contribution in [2.45, 2.75) is 43.8 Å². The van der Waals surface area contributed by atoms with Crippen molar-refractivity contribution in [2.75, 3.05) is 0 Å². The van der Waals surface area contributed by atoms with E-state index in [1.165, 1.54) is 55.7 Å². The predicted molar refractivity (Wildman–Crippen MR) is 306 cm³/mol. The van der Waals surface area contributed by atoms with Gasteiger partial charge < -0.3 is 14.8 Å². The molecule has 1 fully saturated rings. The van der Waals surface area contributed by atoms with Crippen LogP contribution in [0.5, 0.6) is 0 Å². The van der Waals surface area contributed by atoms with Crippen LogP contribution in [-0.2, 0) is 6.42 Å². The largest absolute Gasteiger partial charge is 0.374 e. The fourth-order valence-corrected chi connectivity index (χ4v) is 12.6. The molecule has 0 saturated carbocycles. The Labute approximate surface area is 434 Å². The summed E-state index contributed by atoms with van der Waals surface area (Å²) in [6.07, 6.45) is 33.4. The van der Waals surface area contributed by atoms with Crippen LogP contribution >= 0.6 is 0 Å². The van der Waals surface area contributed by atoms with Gasteiger partial charge in [-0.25, -0.2) is 4.98 Å². The van der Waals surface area contributed by atoms with E-state index in [1.54, 1.807) is 5.57 Å². The van der Waals surface area contributed by atoms with Crippen LogP contribution in [0, 0.1) is 11.8 Å². The van der Waals surface area contributed by atoms with Gasteiger partial charge in [0.15, 0.2) is 0 Å². The summed E-state index contributed by atoms with van der Waals surface area (Å²) in [6.45, 7) is 0. The quantitative estimate of drug-likeness (QED) is 0.156. The first-order chi connectivity index (χ1) is 36.7. The summed E-state index contributed by atoms with van der Waals surface area (Å²) in [5.74, 6) is 0.638. The molecule has 4 nitrogen and oxygen atoms in total. The zero-order valence-corrected chi connectivity index (χ0v) is 41.3. The lowest BCUT2D eigenvalue weighted by atomic mass is 9.79. The molecule has 4 unspecified atom stereocenters. The lowest BCUT2D eigenvalue weighted by Crippen LogP contribution is -2.37. The third-order valence-electron chi connectivity index (χ3n) is 16.2. The maximum atomic E-state index is 5.18. The van der Waals surface area contributed by atoms with Crippen LogP contribution in [0.4, 0.5) is 0 Å². The molecule has 0 bridgehead atoms. The van der Waals surface area contributed by atoms with E-state index >= 15 is 0 Å². The first-order valence-electron chi connectivity index (χ1n) is 26.5. The molecule has 1 saturated heterocycles. The van der Waals surface area contributed by atoms with Crippen molar-refractivity contribution in [3.63, 3.8) is 0 Å². The molecule has 6 aromatic carbocycles. The number of pyridine rings is 1. The molecule has 2 aromatic heterocycles. The lowest BCUT2D eigenvalue weighted by molar-refractivity contribution is 0.271. The number of likely N-dealkylation sites (tertiary alicyclic amines) is 1. The normalized spacial score (nSPS) is 21.6. The molecule has 4 heterocycles. The Bertz CT molecular complexity index is 3710. The van der Waals surface area contributed by atoms with E-state index < -0.39 is 0 Å². The predicted octanol–water partition coefficient (Wildman–Crippen LogP) is 16.2. The summed E-state index contributed by atoms with van der Waals surface area (Å²) in [5, 5.41) is 5.19. The van der Waals surface area contributed by atoms with Crippen LogP contribution in [0.3, 0.4) is 0 Å². The molecule has 8 aromatic rings. The summed E-state index contributed by atoms with van der Waals surface area (Å²) < 4.78 is 2.49. The molecule has 2 aliphatic heterocycles. The number of dihydropyridines is 1. The Morgan fingerprint density at radius 1 is 0.568 bits per heavy atom. The molecule has 0 radical (unpaired) electrons. The van der Waals surface area contributed by atoms with Crippen LogP contribution in [0.2, 0.25) is 0 Å². The van der Waals surface area contributed by atoms with Crippen LogP contribution in [-0.4, -0.2) is 26.5 Å². The molecule has 1 N–H and O–H groups in total. The van der Waals surface area contributed by atoms with Crippen molar-refractivity contribution >= 4 is 22.7 Å². The molecule has 4 aliphatic carbocycles. The number of allylic oxidation sites excluding steroid dienone is 11. The van der Waals surface area contributed by atoms with E-state index in [0.717, 1.165) is 70.7 Å². The number of aromatic nitrogens is 2. The van der Waals surface area contributed by atoms with Crippen molar-refractivity contribution in [2.24, 2.45) is 11.8 Å². The summed E-state index contributed by atoms with van der Waals surface area (Å²) in [6, 6.07) is 65.9. The first kappa shape index (κ1) is 44.0. The molecule has 0 amide bonds. The lowest BCUT2D eigenvalue weighted by Gasteiger charge is -2.36. The Hall–Kier alpha value is -8.73. The second kappa shape index (κ2) is 18.7. The minimum absolute atomic E-state index is 0.0822. The average molecular weight is 953 g/mol. The molecular formula is C70H56N4. The van der Waals surface area contributed by atoms with Crippen molar-refractivity contribution in [1.29, 1.82) is 0 Å². The Kier molecular flexibility index (Phi) is 11.1. The molecular weight excluding hydrogens is 897 g/mol. The summed E-state index contributed by atoms with van der Waals surface area (Å²) in [7, 11) is 0. The molecule has 0 spiro atoms. The van der Waals surface area contributed by atoms with E-state index in [-0.39, 0.29) is 6.04 Å². The van der Waals surface area contributed by atoms with Gasteiger partial charge >= 0.3 is 0 Å². The highest BCUT2D eigenvalue weighted by Crippen LogP contribution is 2.48. The van der Waals surface area contributed by atoms with Gasteiger partial charge in [0.25, 0.3) is 0 Å². The standard InChI is InChI=1S/C70H56N4/c1-5-19-47(20-6-1)63-43-55(44-64(71-63)48-21-7-2-8-22-48)51-27-17-29-57(39-51)73-67-33-15-13-31-59(67)61-41-53(35-37-69(61)73)54-36-38-70-62(42-54)60-32-14-16-34-68(60)74(70)58-30-18-28-52(40-58)56-45-65(49-23-9-3-10-24-49)72-66(46-56)50-25-11-4-12-26-50/h1-17,19-29,31-37,39-40,42-46,53,60,65,68,70,72H,18,30,38,41H2/t53?,60?,65-,68?,70?/m1/s1. The molecule has 74 heavy (non-hydrogen) atoms. The molecule has 14 rings (SSSR count). The van der Waals surface area contributed by atoms with E-state index in [0.29, 0.717) is 23.9 Å². The zero-order valence-electron chi connectivity index (χ0n) is 41.3. The Morgan fingerprint density at radius 3 is 2.03 bits per heavy atom. The smallest absolute Gasteiger partial charge is 0.0715 e. The second-order valence-electron chi connectivity index (χ2n) is 20.5. The number of hydrogen-bond acceptors (Lipinski definition) is 3. The van der Waals surface area contributed by atoms with Crippen LogP contribution in [0.1, 0.15) is 47.7 Å². The number of rotatable bonds is 9. The van der Waals surface area contributed by atoms with Gasteiger partial charge in [0.2, 0.25) is 0 Å². The number of fused-ring (bicyclic) bond motifs is 6. The fourth-order valence-electron chi connectivity index (χ4n) is 12.6. The van der Waals surface area contributed by atoms with E-state index in [9.17, 15) is 0 Å². The molecule has 356 valence electrons. The molecule has 6 aliphatic rings. The van der Waals surface area contributed by atoms with E-state index in [1.807, 2.05) is 0 Å². The topological polar surface area (TPSA) is 33.1 Å². The van der Waals surface area contributed by atoms with Gasteiger partial charge in [0.1, 0.15) is 0 Å². The number of nitrogens with one attached hydrogen (secondary N) is 1. The highest BCUT2D eigenvalue weighted by atomic mass is 15.2. The number of nitrogens with zero attached hydrogens (tertiary/aromatic N) is 3. The fraction of sp³-hybridized carbons (Fsp3) is 0.129. The minimum atomic E-state index is 0.0822. The summed E-state index contributed by atoms with van der Waals surface area (Å²) in [4.78, 5) is 7.97. The number of benzene rings is 6. The van der Waals surface area contributed by atoms with Crippen LogP contribution < -0.4 is 5.32 Å².